The number of rotatable bonds is 64. The van der Waals surface area contributed by atoms with Gasteiger partial charge in [0.2, 0.25) is 0 Å². The lowest BCUT2D eigenvalue weighted by atomic mass is 10.0. The molecule has 0 aromatic rings. The fraction of sp³-hybridized carbons (Fsp3) is 0.773. The van der Waals surface area contributed by atoms with Gasteiger partial charge in [0.1, 0.15) is 13.2 Å². The molecule has 0 amide bonds. The van der Waals surface area contributed by atoms with E-state index in [0.717, 1.165) is 116 Å². The van der Waals surface area contributed by atoms with E-state index in [1.54, 1.807) is 0 Å². The molecule has 81 heavy (non-hydrogen) atoms. The number of unbranched alkanes of at least 4 members (excludes halogenated alkanes) is 39. The van der Waals surface area contributed by atoms with Crippen LogP contribution < -0.4 is 0 Å². The van der Waals surface area contributed by atoms with E-state index in [9.17, 15) is 14.4 Å². The first-order chi connectivity index (χ1) is 40.0. The third-order valence-corrected chi connectivity index (χ3v) is 15.4. The van der Waals surface area contributed by atoms with E-state index in [1.165, 1.54) is 199 Å². The molecule has 0 saturated heterocycles. The Balaban J connectivity index is 4.18. The molecule has 0 spiro atoms. The third kappa shape index (κ3) is 67.3. The van der Waals surface area contributed by atoms with Crippen molar-refractivity contribution in [3.63, 3.8) is 0 Å². The lowest BCUT2D eigenvalue weighted by molar-refractivity contribution is -0.167. The van der Waals surface area contributed by atoms with Crippen molar-refractivity contribution in [1.82, 2.24) is 0 Å². The highest BCUT2D eigenvalue weighted by Crippen LogP contribution is 2.17. The molecule has 0 N–H and O–H groups in total. The van der Waals surface area contributed by atoms with Crippen LogP contribution in [0.3, 0.4) is 0 Å². The first-order valence-corrected chi connectivity index (χ1v) is 35.1. The molecule has 1 atom stereocenters. The van der Waals surface area contributed by atoms with Gasteiger partial charge in [-0.3, -0.25) is 14.4 Å². The number of ether oxygens (including phenoxy) is 3. The molecule has 0 fully saturated rings. The maximum absolute atomic E-state index is 12.9. The van der Waals surface area contributed by atoms with Crippen molar-refractivity contribution in [3.05, 3.63) is 85.1 Å². The summed E-state index contributed by atoms with van der Waals surface area (Å²) in [6.45, 7) is 6.50. The second kappa shape index (κ2) is 69.1. The van der Waals surface area contributed by atoms with E-state index in [-0.39, 0.29) is 31.1 Å². The molecule has 0 saturated carbocycles. The van der Waals surface area contributed by atoms with Crippen molar-refractivity contribution >= 4 is 17.9 Å². The lowest BCUT2D eigenvalue weighted by Gasteiger charge is -2.18. The van der Waals surface area contributed by atoms with Crippen LogP contribution in [0.5, 0.6) is 0 Å². The summed E-state index contributed by atoms with van der Waals surface area (Å²) < 4.78 is 16.9. The van der Waals surface area contributed by atoms with E-state index >= 15 is 0 Å². The molecule has 0 aromatic carbocycles. The van der Waals surface area contributed by atoms with Crippen molar-refractivity contribution in [3.8, 4) is 0 Å². The second-order valence-electron chi connectivity index (χ2n) is 23.4. The zero-order chi connectivity index (χ0) is 58.5. The Hall–Kier alpha value is -3.41. The summed E-state index contributed by atoms with van der Waals surface area (Å²) in [7, 11) is 0. The van der Waals surface area contributed by atoms with E-state index in [0.29, 0.717) is 19.3 Å². The molecule has 0 aromatic heterocycles. The molecule has 6 nitrogen and oxygen atoms in total. The van der Waals surface area contributed by atoms with Crippen LogP contribution in [-0.2, 0) is 28.6 Å². The smallest absolute Gasteiger partial charge is 0.306 e. The summed E-state index contributed by atoms with van der Waals surface area (Å²) in [5, 5.41) is 0. The SMILES string of the molecule is CC/C=C\C/C=C\C/C=C\C/C=C\C/C=C\CCCCCCCC(=O)OC(COC(=O)CCCCCCC/C=C\CCCC)COC(=O)CCCCCCCCCCCCCCCCCCCCC/C=C\CCCCCCCCCC. The molecule has 0 rings (SSSR count). The highest BCUT2D eigenvalue weighted by Gasteiger charge is 2.19. The summed E-state index contributed by atoms with van der Waals surface area (Å²) in [6.07, 6.45) is 92.0. The van der Waals surface area contributed by atoms with E-state index < -0.39 is 6.10 Å². The van der Waals surface area contributed by atoms with Crippen LogP contribution in [0.15, 0.2) is 85.1 Å². The second-order valence-corrected chi connectivity index (χ2v) is 23.4. The molecule has 0 bridgehead atoms. The topological polar surface area (TPSA) is 78.9 Å². The highest BCUT2D eigenvalue weighted by molar-refractivity contribution is 5.71. The minimum atomic E-state index is -0.791. The van der Waals surface area contributed by atoms with Crippen molar-refractivity contribution < 1.29 is 28.6 Å². The van der Waals surface area contributed by atoms with E-state index in [2.05, 4.69) is 106 Å². The highest BCUT2D eigenvalue weighted by atomic mass is 16.6. The van der Waals surface area contributed by atoms with Crippen LogP contribution in [0, 0.1) is 0 Å². The predicted octanol–water partition coefficient (Wildman–Crippen LogP) is 24.2. The van der Waals surface area contributed by atoms with Crippen LogP contribution >= 0.6 is 0 Å². The normalized spacial score (nSPS) is 12.6. The molecule has 0 radical (unpaired) electrons. The molecule has 0 aliphatic carbocycles. The largest absolute Gasteiger partial charge is 0.462 e. The molecule has 1 unspecified atom stereocenters. The molecular weight excluding hydrogens is 997 g/mol. The van der Waals surface area contributed by atoms with Crippen molar-refractivity contribution in [2.45, 2.75) is 361 Å². The summed E-state index contributed by atoms with van der Waals surface area (Å²) in [6, 6.07) is 0. The molecule has 0 heterocycles. The standard InChI is InChI=1S/C75H132O6/c1-4-7-10-13-16-19-22-24-26-28-30-32-33-34-35-36-37-38-39-40-41-43-44-46-48-50-53-56-59-62-65-68-74(77)80-71-72(70-79-73(76)67-64-61-58-55-52-21-18-15-12-9-6-3)81-75(78)69-66-63-60-57-54-51-49-47-45-42-31-29-27-25-23-20-17-14-11-8-5-2/h8,11,15,17-18,20,25,27-28,30-31,42,47,49,72H,4-7,9-10,12-14,16,19,21-24,26,29,32-41,43-46,48,50-71H2,1-3H3/b11-8-,18-15-,20-17-,27-25-,30-28-,42-31-,49-47-. The van der Waals surface area contributed by atoms with Gasteiger partial charge in [0.15, 0.2) is 6.10 Å². The van der Waals surface area contributed by atoms with Gasteiger partial charge >= 0.3 is 17.9 Å². The number of carbonyl (C=O) groups is 3. The summed E-state index contributed by atoms with van der Waals surface area (Å²) in [5.74, 6) is -0.899. The summed E-state index contributed by atoms with van der Waals surface area (Å²) >= 11 is 0. The maximum atomic E-state index is 12.9. The van der Waals surface area contributed by atoms with Crippen LogP contribution in [0.4, 0.5) is 0 Å². The quantitative estimate of drug-likeness (QED) is 0.0261. The Morgan fingerprint density at radius 2 is 0.494 bits per heavy atom. The monoisotopic (exact) mass is 1130 g/mol. The number of esters is 3. The van der Waals surface area contributed by atoms with Gasteiger partial charge in [0, 0.05) is 19.3 Å². The Kier molecular flexibility index (Phi) is 66.2. The van der Waals surface area contributed by atoms with Crippen molar-refractivity contribution in [2.75, 3.05) is 13.2 Å². The van der Waals surface area contributed by atoms with Gasteiger partial charge in [-0.15, -0.1) is 0 Å². The zero-order valence-corrected chi connectivity index (χ0v) is 53.8. The lowest BCUT2D eigenvalue weighted by Crippen LogP contribution is -2.30. The third-order valence-electron chi connectivity index (χ3n) is 15.4. The van der Waals surface area contributed by atoms with Gasteiger partial charge in [0.05, 0.1) is 0 Å². The molecule has 468 valence electrons. The summed E-state index contributed by atoms with van der Waals surface area (Å²) in [4.78, 5) is 38.3. The number of hydrogen-bond acceptors (Lipinski definition) is 6. The number of carbonyl (C=O) groups excluding carboxylic acids is 3. The number of hydrogen-bond donors (Lipinski definition) is 0. The van der Waals surface area contributed by atoms with Gasteiger partial charge in [-0.2, -0.15) is 0 Å². The van der Waals surface area contributed by atoms with Crippen molar-refractivity contribution in [2.24, 2.45) is 0 Å². The van der Waals surface area contributed by atoms with Gasteiger partial charge in [0.25, 0.3) is 0 Å². The number of allylic oxidation sites excluding steroid dienone is 14. The fourth-order valence-electron chi connectivity index (χ4n) is 10.1. The molecular formula is C75H132O6. The first kappa shape index (κ1) is 77.6. The van der Waals surface area contributed by atoms with E-state index in [1.807, 2.05) is 0 Å². The maximum Gasteiger partial charge on any atom is 0.306 e. The predicted molar refractivity (Wildman–Crippen MR) is 353 cm³/mol. The van der Waals surface area contributed by atoms with E-state index in [4.69, 9.17) is 14.2 Å². The summed E-state index contributed by atoms with van der Waals surface area (Å²) in [5.41, 5.74) is 0. The van der Waals surface area contributed by atoms with Gasteiger partial charge in [-0.1, -0.05) is 311 Å². The first-order valence-electron chi connectivity index (χ1n) is 35.1. The van der Waals surface area contributed by atoms with Crippen LogP contribution in [-0.4, -0.2) is 37.2 Å². The van der Waals surface area contributed by atoms with Crippen LogP contribution in [0.2, 0.25) is 0 Å². The fourth-order valence-corrected chi connectivity index (χ4v) is 10.1. The Labute approximate surface area is 503 Å². The molecule has 0 aliphatic rings. The minimum Gasteiger partial charge on any atom is -0.462 e. The average Bonchev–Trinajstić information content (AvgIpc) is 3.47. The van der Waals surface area contributed by atoms with Crippen LogP contribution in [0.25, 0.3) is 0 Å². The van der Waals surface area contributed by atoms with Gasteiger partial charge < -0.3 is 14.2 Å². The Morgan fingerprint density at radius 1 is 0.259 bits per heavy atom. The van der Waals surface area contributed by atoms with Gasteiger partial charge in [-0.05, 0) is 109 Å². The Bertz CT molecular complexity index is 1530. The average molecular weight is 1130 g/mol. The minimum absolute atomic E-state index is 0.0847. The molecule has 6 heteroatoms. The zero-order valence-electron chi connectivity index (χ0n) is 53.8. The van der Waals surface area contributed by atoms with Gasteiger partial charge in [-0.25, -0.2) is 0 Å². The molecule has 0 aliphatic heterocycles. The Morgan fingerprint density at radius 3 is 0.802 bits per heavy atom. The van der Waals surface area contributed by atoms with Crippen molar-refractivity contribution in [1.29, 1.82) is 0 Å². The van der Waals surface area contributed by atoms with Crippen LogP contribution in [0.1, 0.15) is 355 Å².